The second-order valence-corrected chi connectivity index (χ2v) is 6.82. The molecule has 1 aliphatic rings. The molecule has 0 atom stereocenters. The Kier molecular flexibility index (Phi) is 4.40. The molecule has 0 spiro atoms. The van der Waals surface area contributed by atoms with Gasteiger partial charge in [-0.3, -0.25) is 4.79 Å². The highest BCUT2D eigenvalue weighted by atomic mass is 79.9. The third-order valence-electron chi connectivity index (χ3n) is 4.13. The quantitative estimate of drug-likeness (QED) is 0.816. The fraction of sp³-hybridized carbons (Fsp3) is 0.438. The molecule has 124 valence electrons. The maximum absolute atomic E-state index is 12.8. The SMILES string of the molecule is O=C(NC1CCCC1)c1cn(CC(F)(F)F)c2cc(Br)ccc12. The molecular weight excluding hydrogens is 373 g/mol. The molecule has 2 aromatic rings. The Labute approximate surface area is 140 Å². The van der Waals surface area contributed by atoms with E-state index in [-0.39, 0.29) is 11.9 Å². The number of carbonyl (C=O) groups is 1. The van der Waals surface area contributed by atoms with Crippen LogP contribution in [0.4, 0.5) is 13.2 Å². The number of aromatic nitrogens is 1. The van der Waals surface area contributed by atoms with Crippen LogP contribution in [0.1, 0.15) is 36.0 Å². The average Bonchev–Trinajstić information content (AvgIpc) is 3.06. The van der Waals surface area contributed by atoms with Gasteiger partial charge in [-0.05, 0) is 25.0 Å². The highest BCUT2D eigenvalue weighted by molar-refractivity contribution is 9.10. The van der Waals surface area contributed by atoms with E-state index in [1.54, 1.807) is 18.2 Å². The van der Waals surface area contributed by atoms with Crippen LogP contribution in [0.3, 0.4) is 0 Å². The number of hydrogen-bond acceptors (Lipinski definition) is 1. The molecule has 1 N–H and O–H groups in total. The highest BCUT2D eigenvalue weighted by Gasteiger charge is 2.30. The van der Waals surface area contributed by atoms with Gasteiger partial charge in [0.2, 0.25) is 0 Å². The monoisotopic (exact) mass is 388 g/mol. The van der Waals surface area contributed by atoms with E-state index in [0.717, 1.165) is 30.3 Å². The standard InChI is InChI=1S/C16H16BrF3N2O/c17-10-5-6-12-13(15(23)21-11-3-1-2-4-11)8-22(14(12)7-10)9-16(18,19)20/h5-8,11H,1-4,9H2,(H,21,23). The van der Waals surface area contributed by atoms with Crippen LogP contribution >= 0.6 is 15.9 Å². The molecule has 1 aromatic carbocycles. The number of halogens is 4. The van der Waals surface area contributed by atoms with Crippen molar-refractivity contribution in [3.8, 4) is 0 Å². The first-order valence-corrected chi connectivity index (χ1v) is 8.29. The van der Waals surface area contributed by atoms with Gasteiger partial charge in [-0.2, -0.15) is 13.2 Å². The molecule has 1 fully saturated rings. The summed E-state index contributed by atoms with van der Waals surface area (Å²) in [6, 6.07) is 5.13. The molecule has 1 heterocycles. The fourth-order valence-electron chi connectivity index (χ4n) is 3.10. The zero-order chi connectivity index (χ0) is 16.6. The minimum Gasteiger partial charge on any atom is -0.349 e. The minimum absolute atomic E-state index is 0.124. The van der Waals surface area contributed by atoms with E-state index >= 15 is 0 Å². The molecule has 1 aromatic heterocycles. The van der Waals surface area contributed by atoms with Crippen molar-refractivity contribution in [2.45, 2.75) is 44.4 Å². The van der Waals surface area contributed by atoms with Crippen LogP contribution in [0.15, 0.2) is 28.9 Å². The fourth-order valence-corrected chi connectivity index (χ4v) is 3.45. The molecular formula is C16H16BrF3N2O. The Morgan fingerprint density at radius 1 is 1.30 bits per heavy atom. The van der Waals surface area contributed by atoms with Gasteiger partial charge in [0.05, 0.1) is 11.1 Å². The van der Waals surface area contributed by atoms with Crippen molar-refractivity contribution < 1.29 is 18.0 Å². The van der Waals surface area contributed by atoms with Crippen LogP contribution in [0.5, 0.6) is 0 Å². The minimum atomic E-state index is -4.34. The number of nitrogens with one attached hydrogen (secondary N) is 1. The largest absolute Gasteiger partial charge is 0.406 e. The molecule has 1 amide bonds. The molecule has 23 heavy (non-hydrogen) atoms. The summed E-state index contributed by atoms with van der Waals surface area (Å²) >= 11 is 3.27. The summed E-state index contributed by atoms with van der Waals surface area (Å²) in [4.78, 5) is 12.5. The van der Waals surface area contributed by atoms with Crippen LogP contribution in [0.25, 0.3) is 10.9 Å². The Hall–Kier alpha value is -1.50. The predicted octanol–water partition coefficient (Wildman–Crippen LogP) is 4.64. The lowest BCUT2D eigenvalue weighted by atomic mass is 10.1. The van der Waals surface area contributed by atoms with Gasteiger partial charge in [-0.1, -0.05) is 34.8 Å². The van der Waals surface area contributed by atoms with E-state index in [9.17, 15) is 18.0 Å². The number of rotatable bonds is 3. The van der Waals surface area contributed by atoms with Crippen LogP contribution in [0.2, 0.25) is 0 Å². The number of carbonyl (C=O) groups excluding carboxylic acids is 1. The first-order chi connectivity index (χ1) is 10.8. The summed E-state index contributed by atoms with van der Waals surface area (Å²) in [6.45, 7) is -1.11. The lowest BCUT2D eigenvalue weighted by molar-refractivity contribution is -0.139. The number of alkyl halides is 3. The third-order valence-corrected chi connectivity index (χ3v) is 4.62. The molecule has 0 radical (unpaired) electrons. The van der Waals surface area contributed by atoms with Gasteiger partial charge in [0.1, 0.15) is 6.54 Å². The first-order valence-electron chi connectivity index (χ1n) is 7.49. The summed E-state index contributed by atoms with van der Waals surface area (Å²) in [7, 11) is 0. The van der Waals surface area contributed by atoms with E-state index in [0.29, 0.717) is 20.9 Å². The van der Waals surface area contributed by atoms with E-state index in [2.05, 4.69) is 21.2 Å². The van der Waals surface area contributed by atoms with E-state index in [1.807, 2.05) is 0 Å². The smallest absolute Gasteiger partial charge is 0.349 e. The highest BCUT2D eigenvalue weighted by Crippen LogP contribution is 2.29. The maximum Gasteiger partial charge on any atom is 0.406 e. The normalized spacial score (nSPS) is 16.2. The van der Waals surface area contributed by atoms with Gasteiger partial charge in [0.25, 0.3) is 5.91 Å². The lowest BCUT2D eigenvalue weighted by Crippen LogP contribution is -2.32. The van der Waals surface area contributed by atoms with Crippen LogP contribution in [-0.2, 0) is 6.54 Å². The average molecular weight is 389 g/mol. The molecule has 0 aliphatic heterocycles. The molecule has 0 saturated heterocycles. The third kappa shape index (κ3) is 3.71. The summed E-state index contributed by atoms with van der Waals surface area (Å²) in [6.07, 6.45) is 0.973. The number of fused-ring (bicyclic) bond motifs is 1. The van der Waals surface area contributed by atoms with Crippen molar-refractivity contribution in [3.05, 3.63) is 34.4 Å². The maximum atomic E-state index is 12.8. The van der Waals surface area contributed by atoms with Crippen molar-refractivity contribution in [2.75, 3.05) is 0 Å². The van der Waals surface area contributed by atoms with Crippen molar-refractivity contribution in [1.29, 1.82) is 0 Å². The molecule has 0 bridgehead atoms. The van der Waals surface area contributed by atoms with Gasteiger partial charge in [0.15, 0.2) is 0 Å². The number of nitrogens with zero attached hydrogens (tertiary/aromatic N) is 1. The lowest BCUT2D eigenvalue weighted by Gasteiger charge is -2.11. The molecule has 1 saturated carbocycles. The van der Waals surface area contributed by atoms with Gasteiger partial charge >= 0.3 is 6.18 Å². The summed E-state index contributed by atoms with van der Waals surface area (Å²) in [5, 5.41) is 3.47. The summed E-state index contributed by atoms with van der Waals surface area (Å²) in [5.74, 6) is -0.301. The van der Waals surface area contributed by atoms with Crippen molar-refractivity contribution >= 4 is 32.7 Å². The van der Waals surface area contributed by atoms with E-state index < -0.39 is 12.7 Å². The summed E-state index contributed by atoms with van der Waals surface area (Å²) < 4.78 is 40.1. The van der Waals surface area contributed by atoms with Gasteiger partial charge in [-0.15, -0.1) is 0 Å². The van der Waals surface area contributed by atoms with Crippen molar-refractivity contribution in [3.63, 3.8) is 0 Å². The Morgan fingerprint density at radius 2 is 2.00 bits per heavy atom. The van der Waals surface area contributed by atoms with Crippen molar-refractivity contribution in [2.24, 2.45) is 0 Å². The van der Waals surface area contributed by atoms with E-state index in [1.165, 1.54) is 6.20 Å². The molecule has 3 rings (SSSR count). The van der Waals surface area contributed by atoms with Gasteiger partial charge in [-0.25, -0.2) is 0 Å². The zero-order valence-electron chi connectivity index (χ0n) is 12.3. The summed E-state index contributed by atoms with van der Waals surface area (Å²) in [5.41, 5.74) is 0.692. The molecule has 0 unspecified atom stereocenters. The molecule has 1 aliphatic carbocycles. The van der Waals surface area contributed by atoms with Gasteiger partial charge in [0, 0.05) is 22.1 Å². The number of amides is 1. The predicted molar refractivity (Wildman–Crippen MR) is 85.4 cm³/mol. The van der Waals surface area contributed by atoms with Crippen LogP contribution in [0, 0.1) is 0 Å². The molecule has 7 heteroatoms. The topological polar surface area (TPSA) is 34.0 Å². The first kappa shape index (κ1) is 16.4. The number of benzene rings is 1. The Bertz CT molecular complexity index is 733. The van der Waals surface area contributed by atoms with Crippen molar-refractivity contribution in [1.82, 2.24) is 9.88 Å². The number of hydrogen-bond donors (Lipinski definition) is 1. The van der Waals surface area contributed by atoms with Crippen LogP contribution < -0.4 is 5.32 Å². The Balaban J connectivity index is 1.97. The Morgan fingerprint density at radius 3 is 2.65 bits per heavy atom. The van der Waals surface area contributed by atoms with Crippen LogP contribution in [-0.4, -0.2) is 22.7 Å². The van der Waals surface area contributed by atoms with E-state index in [4.69, 9.17) is 0 Å². The second-order valence-electron chi connectivity index (χ2n) is 5.90. The zero-order valence-corrected chi connectivity index (χ0v) is 13.9. The van der Waals surface area contributed by atoms with Gasteiger partial charge < -0.3 is 9.88 Å². The second kappa shape index (κ2) is 6.19. The molecule has 3 nitrogen and oxygen atoms in total.